The highest BCUT2D eigenvalue weighted by atomic mass is 16.5. The van der Waals surface area contributed by atoms with Gasteiger partial charge in [0, 0.05) is 32.7 Å². The molecule has 0 radical (unpaired) electrons. The summed E-state index contributed by atoms with van der Waals surface area (Å²) in [5.41, 5.74) is 1.36. The SMILES string of the molecule is COC(=O)C(C1CC1)N1CCN(Cc2ccccc2)CC1. The topological polar surface area (TPSA) is 32.8 Å². The summed E-state index contributed by atoms with van der Waals surface area (Å²) in [6.07, 6.45) is 2.34. The Morgan fingerprint density at radius 1 is 1.19 bits per heavy atom. The summed E-state index contributed by atoms with van der Waals surface area (Å²) in [5.74, 6) is 0.479. The first-order chi connectivity index (χ1) is 10.3. The van der Waals surface area contributed by atoms with Crippen LogP contribution in [0.3, 0.4) is 0 Å². The van der Waals surface area contributed by atoms with Gasteiger partial charge in [-0.2, -0.15) is 0 Å². The lowest BCUT2D eigenvalue weighted by Crippen LogP contribution is -2.53. The maximum atomic E-state index is 12.0. The van der Waals surface area contributed by atoms with E-state index >= 15 is 0 Å². The normalized spacial score (nSPS) is 22.0. The third-order valence-electron chi connectivity index (χ3n) is 4.56. The van der Waals surface area contributed by atoms with E-state index in [9.17, 15) is 4.79 Å². The zero-order valence-electron chi connectivity index (χ0n) is 12.7. The smallest absolute Gasteiger partial charge is 0.323 e. The van der Waals surface area contributed by atoms with Crippen molar-refractivity contribution in [3.05, 3.63) is 35.9 Å². The van der Waals surface area contributed by atoms with E-state index in [-0.39, 0.29) is 12.0 Å². The molecule has 0 spiro atoms. The monoisotopic (exact) mass is 288 g/mol. The van der Waals surface area contributed by atoms with Crippen molar-refractivity contribution in [1.29, 1.82) is 0 Å². The Morgan fingerprint density at radius 2 is 1.86 bits per heavy atom. The molecule has 1 aromatic rings. The van der Waals surface area contributed by atoms with Crippen molar-refractivity contribution in [3.63, 3.8) is 0 Å². The van der Waals surface area contributed by atoms with Gasteiger partial charge in [0.1, 0.15) is 6.04 Å². The van der Waals surface area contributed by atoms with Crippen LogP contribution in [0.5, 0.6) is 0 Å². The summed E-state index contributed by atoms with van der Waals surface area (Å²) < 4.78 is 5.00. The molecular weight excluding hydrogens is 264 g/mol. The van der Waals surface area contributed by atoms with Crippen LogP contribution in [0.1, 0.15) is 18.4 Å². The van der Waals surface area contributed by atoms with Crippen LogP contribution in [0, 0.1) is 5.92 Å². The van der Waals surface area contributed by atoms with Gasteiger partial charge in [-0.05, 0) is 24.3 Å². The van der Waals surface area contributed by atoms with Gasteiger partial charge in [0.2, 0.25) is 0 Å². The first-order valence-electron chi connectivity index (χ1n) is 7.86. The van der Waals surface area contributed by atoms with Gasteiger partial charge in [-0.15, -0.1) is 0 Å². The van der Waals surface area contributed by atoms with E-state index in [1.165, 1.54) is 25.5 Å². The molecule has 2 aliphatic rings. The largest absolute Gasteiger partial charge is 0.468 e. The number of benzene rings is 1. The Bertz CT molecular complexity index is 465. The van der Waals surface area contributed by atoms with Crippen LogP contribution in [0.15, 0.2) is 30.3 Å². The molecule has 4 heteroatoms. The lowest BCUT2D eigenvalue weighted by atomic mass is 10.1. The summed E-state index contributed by atoms with van der Waals surface area (Å²) in [5, 5.41) is 0. The molecule has 1 aromatic carbocycles. The van der Waals surface area contributed by atoms with E-state index in [1.54, 1.807) is 0 Å². The number of nitrogens with zero attached hydrogens (tertiary/aromatic N) is 2. The fourth-order valence-electron chi connectivity index (χ4n) is 3.21. The Morgan fingerprint density at radius 3 is 2.43 bits per heavy atom. The van der Waals surface area contributed by atoms with Crippen LogP contribution < -0.4 is 0 Å². The van der Waals surface area contributed by atoms with Crippen molar-refractivity contribution in [1.82, 2.24) is 9.80 Å². The summed E-state index contributed by atoms with van der Waals surface area (Å²) in [4.78, 5) is 16.8. The molecule has 21 heavy (non-hydrogen) atoms. The van der Waals surface area contributed by atoms with Gasteiger partial charge in [-0.25, -0.2) is 0 Å². The second kappa shape index (κ2) is 6.58. The molecule has 0 amide bonds. The highest BCUT2D eigenvalue weighted by Gasteiger charge is 2.41. The number of esters is 1. The molecule has 1 unspecified atom stereocenters. The second-order valence-electron chi connectivity index (χ2n) is 6.10. The van der Waals surface area contributed by atoms with Crippen LogP contribution in [-0.4, -0.2) is 55.1 Å². The van der Waals surface area contributed by atoms with Crippen molar-refractivity contribution in [3.8, 4) is 0 Å². The molecule has 0 N–H and O–H groups in total. The number of ether oxygens (including phenoxy) is 1. The average molecular weight is 288 g/mol. The van der Waals surface area contributed by atoms with Crippen molar-refractivity contribution < 1.29 is 9.53 Å². The molecule has 0 aromatic heterocycles. The molecule has 1 heterocycles. The molecule has 1 atom stereocenters. The van der Waals surface area contributed by atoms with Crippen LogP contribution in [-0.2, 0) is 16.1 Å². The molecule has 1 saturated carbocycles. The highest BCUT2D eigenvalue weighted by Crippen LogP contribution is 2.36. The first kappa shape index (κ1) is 14.5. The van der Waals surface area contributed by atoms with Gasteiger partial charge in [-0.3, -0.25) is 14.6 Å². The molecule has 0 bridgehead atoms. The second-order valence-corrected chi connectivity index (χ2v) is 6.10. The minimum absolute atomic E-state index is 0.00567. The van der Waals surface area contributed by atoms with Gasteiger partial charge in [0.15, 0.2) is 0 Å². The summed E-state index contributed by atoms with van der Waals surface area (Å²) in [6.45, 7) is 4.97. The number of methoxy groups -OCH3 is 1. The van der Waals surface area contributed by atoms with Crippen molar-refractivity contribution in [2.75, 3.05) is 33.3 Å². The quantitative estimate of drug-likeness (QED) is 0.773. The molecule has 3 rings (SSSR count). The minimum atomic E-state index is -0.0472. The van der Waals surface area contributed by atoms with Crippen LogP contribution in [0.25, 0.3) is 0 Å². The molecule has 4 nitrogen and oxygen atoms in total. The Balaban J connectivity index is 1.53. The van der Waals surface area contributed by atoms with E-state index in [0.717, 1.165) is 32.7 Å². The van der Waals surface area contributed by atoms with Gasteiger partial charge in [0.05, 0.1) is 7.11 Å². The number of piperazine rings is 1. The van der Waals surface area contributed by atoms with E-state index in [0.29, 0.717) is 5.92 Å². The number of hydrogen-bond acceptors (Lipinski definition) is 4. The maximum absolute atomic E-state index is 12.0. The van der Waals surface area contributed by atoms with Gasteiger partial charge < -0.3 is 4.74 Å². The Hall–Kier alpha value is -1.39. The zero-order chi connectivity index (χ0) is 14.7. The summed E-state index contributed by atoms with van der Waals surface area (Å²) in [7, 11) is 1.50. The Labute approximate surface area is 126 Å². The van der Waals surface area contributed by atoms with Crippen molar-refractivity contribution in [2.24, 2.45) is 5.92 Å². The number of carbonyl (C=O) groups excluding carboxylic acids is 1. The van der Waals surface area contributed by atoms with E-state index in [2.05, 4.69) is 40.1 Å². The molecule has 1 saturated heterocycles. The van der Waals surface area contributed by atoms with E-state index in [4.69, 9.17) is 4.74 Å². The Kier molecular flexibility index (Phi) is 4.56. The zero-order valence-corrected chi connectivity index (χ0v) is 12.7. The molecule has 2 fully saturated rings. The predicted octanol–water partition coefficient (Wildman–Crippen LogP) is 1.76. The lowest BCUT2D eigenvalue weighted by molar-refractivity contribution is -0.148. The van der Waals surface area contributed by atoms with Crippen LogP contribution >= 0.6 is 0 Å². The fraction of sp³-hybridized carbons (Fsp3) is 0.588. The molecule has 114 valence electrons. The third kappa shape index (κ3) is 3.63. The van der Waals surface area contributed by atoms with Crippen LogP contribution in [0.4, 0.5) is 0 Å². The number of hydrogen-bond donors (Lipinski definition) is 0. The standard InChI is InChI=1S/C17H24N2O2/c1-21-17(20)16(15-7-8-15)19-11-9-18(10-12-19)13-14-5-3-2-4-6-14/h2-6,15-16H,7-13H2,1H3. The third-order valence-corrected chi connectivity index (χ3v) is 4.56. The van der Waals surface area contributed by atoms with Crippen molar-refractivity contribution >= 4 is 5.97 Å². The van der Waals surface area contributed by atoms with Gasteiger partial charge in [-0.1, -0.05) is 30.3 Å². The molecular formula is C17H24N2O2. The average Bonchev–Trinajstić information content (AvgIpc) is 3.35. The predicted molar refractivity (Wildman–Crippen MR) is 81.8 cm³/mol. The maximum Gasteiger partial charge on any atom is 0.323 e. The number of rotatable bonds is 5. The molecule has 1 aliphatic heterocycles. The molecule has 1 aliphatic carbocycles. The van der Waals surface area contributed by atoms with E-state index < -0.39 is 0 Å². The van der Waals surface area contributed by atoms with Gasteiger partial charge >= 0.3 is 5.97 Å². The van der Waals surface area contributed by atoms with E-state index in [1.807, 2.05) is 0 Å². The van der Waals surface area contributed by atoms with Crippen LogP contribution in [0.2, 0.25) is 0 Å². The fourth-order valence-corrected chi connectivity index (χ4v) is 3.21. The van der Waals surface area contributed by atoms with Gasteiger partial charge in [0.25, 0.3) is 0 Å². The first-order valence-corrected chi connectivity index (χ1v) is 7.86. The minimum Gasteiger partial charge on any atom is -0.468 e. The number of carbonyl (C=O) groups is 1. The highest BCUT2D eigenvalue weighted by molar-refractivity contribution is 5.76. The van der Waals surface area contributed by atoms with Crippen molar-refractivity contribution in [2.45, 2.75) is 25.4 Å². The summed E-state index contributed by atoms with van der Waals surface area (Å²) in [6, 6.07) is 10.6. The lowest BCUT2D eigenvalue weighted by Gasteiger charge is -2.38. The summed E-state index contributed by atoms with van der Waals surface area (Å²) >= 11 is 0.